The van der Waals surface area contributed by atoms with E-state index < -0.39 is 29.7 Å². The Morgan fingerprint density at radius 1 is 1.25 bits per heavy atom. The molecule has 2 aliphatic rings. The van der Waals surface area contributed by atoms with Gasteiger partial charge in [0.1, 0.15) is 11.8 Å². The highest BCUT2D eigenvalue weighted by Gasteiger charge is 2.46. The van der Waals surface area contributed by atoms with Crippen LogP contribution in [0.4, 0.5) is 0 Å². The number of piperidine rings is 1. The van der Waals surface area contributed by atoms with Crippen LogP contribution in [0, 0.1) is 0 Å². The molecule has 0 aliphatic carbocycles. The summed E-state index contributed by atoms with van der Waals surface area (Å²) >= 11 is 0. The van der Waals surface area contributed by atoms with Crippen molar-refractivity contribution in [3.63, 3.8) is 0 Å². The quantitative estimate of drug-likeness (QED) is 0.839. The van der Waals surface area contributed by atoms with E-state index in [1.807, 2.05) is 13.8 Å². The van der Waals surface area contributed by atoms with E-state index in [0.717, 1.165) is 11.3 Å². The average molecular weight is 330 g/mol. The maximum absolute atomic E-state index is 12.8. The summed E-state index contributed by atoms with van der Waals surface area (Å²) in [7, 11) is 0. The largest absolute Gasteiger partial charge is 0.490 e. The second-order valence-corrected chi connectivity index (χ2v) is 5.96. The predicted octanol–water partition coefficient (Wildman–Crippen LogP) is 1.27. The third-order valence-electron chi connectivity index (χ3n) is 4.33. The maximum atomic E-state index is 12.8. The Bertz CT molecular complexity index is 742. The van der Waals surface area contributed by atoms with Gasteiger partial charge in [-0.2, -0.15) is 0 Å². The lowest BCUT2D eigenvalue weighted by Gasteiger charge is -2.27. The molecular weight excluding hydrogens is 312 g/mol. The van der Waals surface area contributed by atoms with Crippen LogP contribution in [0.25, 0.3) is 0 Å². The third-order valence-corrected chi connectivity index (χ3v) is 4.33. The molecular formula is C17H18N2O5. The zero-order chi connectivity index (χ0) is 17.4. The van der Waals surface area contributed by atoms with Crippen LogP contribution in [-0.2, 0) is 9.59 Å². The van der Waals surface area contributed by atoms with Crippen LogP contribution in [0.2, 0.25) is 0 Å². The van der Waals surface area contributed by atoms with E-state index in [4.69, 9.17) is 4.74 Å². The molecule has 4 amide bonds. The molecule has 0 aromatic heterocycles. The standard InChI is InChI=1S/C17H18N2O5/c1-3-9(2)24-12-6-4-5-10-14(12)17(23)19(16(10)22)11-7-8-13(20)18-15(11)21/h4-6,9,11H,3,7-8H2,1-2H3,(H,18,20,21). The van der Waals surface area contributed by atoms with Crippen LogP contribution in [0.15, 0.2) is 18.2 Å². The fourth-order valence-electron chi connectivity index (χ4n) is 2.88. The number of carbonyl (C=O) groups excluding carboxylic acids is 4. The van der Waals surface area contributed by atoms with Crippen molar-refractivity contribution in [2.45, 2.75) is 45.3 Å². The summed E-state index contributed by atoms with van der Waals surface area (Å²) in [5.74, 6) is -1.75. The molecule has 24 heavy (non-hydrogen) atoms. The Labute approximate surface area is 139 Å². The van der Waals surface area contributed by atoms with E-state index in [0.29, 0.717) is 5.75 Å². The van der Waals surface area contributed by atoms with Crippen LogP contribution in [0.3, 0.4) is 0 Å². The van der Waals surface area contributed by atoms with Gasteiger partial charge < -0.3 is 4.74 Å². The molecule has 0 saturated carbocycles. The second-order valence-electron chi connectivity index (χ2n) is 5.96. The van der Waals surface area contributed by atoms with Crippen LogP contribution in [0.1, 0.15) is 53.8 Å². The number of imide groups is 2. The number of nitrogens with one attached hydrogen (secondary N) is 1. The molecule has 0 radical (unpaired) electrons. The molecule has 2 atom stereocenters. The predicted molar refractivity (Wildman–Crippen MR) is 83.5 cm³/mol. The topological polar surface area (TPSA) is 92.8 Å². The average Bonchev–Trinajstić information content (AvgIpc) is 2.80. The Morgan fingerprint density at radius 2 is 2.00 bits per heavy atom. The van der Waals surface area contributed by atoms with Crippen LogP contribution in [-0.4, -0.2) is 40.7 Å². The summed E-state index contributed by atoms with van der Waals surface area (Å²) in [5.41, 5.74) is 0.415. The Morgan fingerprint density at radius 3 is 2.67 bits per heavy atom. The molecule has 1 fully saturated rings. The first-order valence-corrected chi connectivity index (χ1v) is 7.95. The molecule has 1 saturated heterocycles. The molecule has 7 heteroatoms. The highest BCUT2D eigenvalue weighted by atomic mass is 16.5. The highest BCUT2D eigenvalue weighted by Crippen LogP contribution is 2.34. The molecule has 1 aromatic rings. The SMILES string of the molecule is CCC(C)Oc1cccc2c1C(=O)N(C1CCC(=O)NC1=O)C2=O. The van der Waals surface area contributed by atoms with Gasteiger partial charge in [-0.05, 0) is 31.9 Å². The maximum Gasteiger partial charge on any atom is 0.266 e. The van der Waals surface area contributed by atoms with Gasteiger partial charge in [0.05, 0.1) is 17.2 Å². The van der Waals surface area contributed by atoms with E-state index in [-0.39, 0.29) is 30.1 Å². The molecule has 126 valence electrons. The van der Waals surface area contributed by atoms with E-state index in [1.165, 1.54) is 0 Å². The molecule has 7 nitrogen and oxygen atoms in total. The zero-order valence-electron chi connectivity index (χ0n) is 13.5. The monoisotopic (exact) mass is 330 g/mol. The van der Waals surface area contributed by atoms with Crippen molar-refractivity contribution in [2.24, 2.45) is 0 Å². The van der Waals surface area contributed by atoms with Crippen molar-refractivity contribution in [3.05, 3.63) is 29.3 Å². The molecule has 1 aromatic carbocycles. The number of amides is 4. The first-order chi connectivity index (χ1) is 11.4. The highest BCUT2D eigenvalue weighted by molar-refractivity contribution is 6.24. The number of benzene rings is 1. The lowest BCUT2D eigenvalue weighted by molar-refractivity contribution is -0.136. The van der Waals surface area contributed by atoms with E-state index in [9.17, 15) is 19.2 Å². The zero-order valence-corrected chi connectivity index (χ0v) is 13.5. The minimum Gasteiger partial charge on any atom is -0.490 e. The van der Waals surface area contributed by atoms with Gasteiger partial charge in [-0.25, -0.2) is 0 Å². The summed E-state index contributed by atoms with van der Waals surface area (Å²) in [6.45, 7) is 3.83. The molecule has 1 N–H and O–H groups in total. The smallest absolute Gasteiger partial charge is 0.266 e. The van der Waals surface area contributed by atoms with Crippen molar-refractivity contribution in [1.82, 2.24) is 10.2 Å². The first kappa shape index (κ1) is 16.2. The van der Waals surface area contributed by atoms with Crippen molar-refractivity contribution in [2.75, 3.05) is 0 Å². The summed E-state index contributed by atoms with van der Waals surface area (Å²) in [5, 5.41) is 2.17. The van der Waals surface area contributed by atoms with E-state index >= 15 is 0 Å². The molecule has 2 aliphatic heterocycles. The Hall–Kier alpha value is -2.70. The lowest BCUT2D eigenvalue weighted by atomic mass is 10.0. The van der Waals surface area contributed by atoms with Gasteiger partial charge >= 0.3 is 0 Å². The summed E-state index contributed by atoms with van der Waals surface area (Å²) in [4.78, 5) is 49.7. The van der Waals surface area contributed by atoms with Gasteiger partial charge in [0.15, 0.2) is 0 Å². The minimum atomic E-state index is -0.966. The summed E-state index contributed by atoms with van der Waals surface area (Å²) < 4.78 is 5.75. The van der Waals surface area contributed by atoms with Gasteiger partial charge in [-0.3, -0.25) is 29.4 Å². The molecule has 2 heterocycles. The van der Waals surface area contributed by atoms with Crippen LogP contribution in [0.5, 0.6) is 5.75 Å². The summed E-state index contributed by atoms with van der Waals surface area (Å²) in [6, 6.07) is 3.87. The second kappa shape index (κ2) is 6.07. The number of ether oxygens (including phenoxy) is 1. The molecule has 0 bridgehead atoms. The van der Waals surface area contributed by atoms with Gasteiger partial charge in [0.2, 0.25) is 11.8 Å². The fourth-order valence-corrected chi connectivity index (χ4v) is 2.88. The number of hydrogen-bond donors (Lipinski definition) is 1. The Kier molecular flexibility index (Phi) is 4.09. The number of hydrogen-bond acceptors (Lipinski definition) is 5. The summed E-state index contributed by atoms with van der Waals surface area (Å²) in [6.07, 6.45) is 0.879. The normalized spacial score (nSPS) is 21.6. The lowest BCUT2D eigenvalue weighted by Crippen LogP contribution is -2.54. The fraction of sp³-hybridized carbons (Fsp3) is 0.412. The Balaban J connectivity index is 1.95. The van der Waals surface area contributed by atoms with Crippen molar-refractivity contribution in [1.29, 1.82) is 0 Å². The van der Waals surface area contributed by atoms with Crippen molar-refractivity contribution < 1.29 is 23.9 Å². The van der Waals surface area contributed by atoms with Gasteiger partial charge in [-0.1, -0.05) is 13.0 Å². The molecule has 0 spiro atoms. The van der Waals surface area contributed by atoms with Gasteiger partial charge in [0.25, 0.3) is 11.8 Å². The van der Waals surface area contributed by atoms with E-state index in [1.54, 1.807) is 18.2 Å². The van der Waals surface area contributed by atoms with Gasteiger partial charge in [0, 0.05) is 6.42 Å². The third kappa shape index (κ3) is 2.55. The van der Waals surface area contributed by atoms with Crippen molar-refractivity contribution in [3.8, 4) is 5.75 Å². The first-order valence-electron chi connectivity index (χ1n) is 7.95. The molecule has 2 unspecified atom stereocenters. The van der Waals surface area contributed by atoms with Crippen molar-refractivity contribution >= 4 is 23.6 Å². The van der Waals surface area contributed by atoms with E-state index in [2.05, 4.69) is 5.32 Å². The number of carbonyl (C=O) groups is 4. The van der Waals surface area contributed by atoms with Crippen LogP contribution < -0.4 is 10.1 Å². The minimum absolute atomic E-state index is 0.0973. The number of nitrogens with zero attached hydrogens (tertiary/aromatic N) is 1. The number of rotatable bonds is 4. The van der Waals surface area contributed by atoms with Gasteiger partial charge in [-0.15, -0.1) is 0 Å². The molecule has 3 rings (SSSR count). The number of fused-ring (bicyclic) bond motifs is 1. The van der Waals surface area contributed by atoms with Crippen LogP contribution >= 0.6 is 0 Å².